The van der Waals surface area contributed by atoms with E-state index in [0.29, 0.717) is 11.3 Å². The summed E-state index contributed by atoms with van der Waals surface area (Å²) in [5.41, 5.74) is 7.37. The van der Waals surface area contributed by atoms with Crippen molar-refractivity contribution in [2.45, 2.75) is 19.9 Å². The van der Waals surface area contributed by atoms with Gasteiger partial charge >= 0.3 is 0 Å². The summed E-state index contributed by atoms with van der Waals surface area (Å²) in [5.74, 6) is 2.47. The number of hydrogen-bond donors (Lipinski definition) is 2. The van der Waals surface area contributed by atoms with Crippen molar-refractivity contribution in [3.8, 4) is 5.75 Å². The molecule has 0 saturated heterocycles. The Kier molecular flexibility index (Phi) is 4.10. The Morgan fingerprint density at radius 2 is 2.21 bits per heavy atom. The largest absolute Gasteiger partial charge is 0.496 e. The number of nitrogens with zero attached hydrogens (tertiary/aromatic N) is 1. The molecule has 1 fully saturated rings. The fraction of sp³-hybridized carbons (Fsp3) is 0.533. The highest BCUT2D eigenvalue weighted by molar-refractivity contribution is 5.97. The summed E-state index contributed by atoms with van der Waals surface area (Å²) in [4.78, 5) is 2.34. The Hall–Kier alpha value is -1.55. The fourth-order valence-electron chi connectivity index (χ4n) is 2.49. The van der Waals surface area contributed by atoms with E-state index in [1.165, 1.54) is 12.0 Å². The lowest BCUT2D eigenvalue weighted by atomic mass is 10.1. The number of nitrogen functional groups attached to an aromatic ring is 1. The highest BCUT2D eigenvalue weighted by Gasteiger charge is 2.32. The molecule has 1 aromatic carbocycles. The summed E-state index contributed by atoms with van der Waals surface area (Å²) in [7, 11) is 3.76. The van der Waals surface area contributed by atoms with E-state index in [9.17, 15) is 0 Å². The molecule has 0 aromatic heterocycles. The van der Waals surface area contributed by atoms with Crippen molar-refractivity contribution in [3.05, 3.63) is 29.3 Å². The third-order valence-electron chi connectivity index (χ3n) is 3.83. The van der Waals surface area contributed by atoms with Crippen molar-refractivity contribution >= 4 is 5.84 Å². The highest BCUT2D eigenvalue weighted by atomic mass is 16.5. The van der Waals surface area contributed by atoms with Crippen molar-refractivity contribution in [1.29, 1.82) is 5.41 Å². The second-order valence-electron chi connectivity index (χ2n) is 5.62. The predicted molar refractivity (Wildman–Crippen MR) is 77.6 cm³/mol. The van der Waals surface area contributed by atoms with Gasteiger partial charge in [0.15, 0.2) is 0 Å². The number of rotatable bonds is 6. The smallest absolute Gasteiger partial charge is 0.130 e. The van der Waals surface area contributed by atoms with Crippen LogP contribution in [0.15, 0.2) is 18.2 Å². The summed E-state index contributed by atoms with van der Waals surface area (Å²) in [6, 6.07) is 5.86. The summed E-state index contributed by atoms with van der Waals surface area (Å²) in [6.07, 6.45) is 1.36. The van der Waals surface area contributed by atoms with Gasteiger partial charge in [0.05, 0.1) is 12.7 Å². The highest BCUT2D eigenvalue weighted by Crippen LogP contribution is 2.38. The predicted octanol–water partition coefficient (Wildman–Crippen LogP) is 2.07. The van der Waals surface area contributed by atoms with Crippen LogP contribution in [0.2, 0.25) is 0 Å². The van der Waals surface area contributed by atoms with Gasteiger partial charge in [0.2, 0.25) is 0 Å². The van der Waals surface area contributed by atoms with Crippen molar-refractivity contribution in [2.75, 3.05) is 20.7 Å². The topological polar surface area (TPSA) is 62.3 Å². The Morgan fingerprint density at radius 3 is 2.74 bits per heavy atom. The molecule has 19 heavy (non-hydrogen) atoms. The number of ether oxygens (including phenoxy) is 1. The summed E-state index contributed by atoms with van der Waals surface area (Å²) in [5, 5.41) is 7.50. The first kappa shape index (κ1) is 13.9. The molecule has 0 amide bonds. The monoisotopic (exact) mass is 261 g/mol. The van der Waals surface area contributed by atoms with Crippen molar-refractivity contribution < 1.29 is 4.74 Å². The van der Waals surface area contributed by atoms with Crippen LogP contribution in [-0.2, 0) is 6.54 Å². The molecule has 0 heterocycles. The van der Waals surface area contributed by atoms with Gasteiger partial charge in [-0.05, 0) is 43.0 Å². The Balaban J connectivity index is 2.02. The van der Waals surface area contributed by atoms with Gasteiger partial charge in [-0.1, -0.05) is 13.0 Å². The van der Waals surface area contributed by atoms with E-state index in [1.54, 1.807) is 7.11 Å². The van der Waals surface area contributed by atoms with Crippen LogP contribution >= 0.6 is 0 Å². The van der Waals surface area contributed by atoms with E-state index in [1.807, 2.05) is 18.2 Å². The van der Waals surface area contributed by atoms with Crippen LogP contribution in [0.3, 0.4) is 0 Å². The molecule has 1 aliphatic rings. The summed E-state index contributed by atoms with van der Waals surface area (Å²) in [6.45, 7) is 4.36. The van der Waals surface area contributed by atoms with Gasteiger partial charge in [-0.25, -0.2) is 0 Å². The number of methoxy groups -OCH3 is 1. The van der Waals surface area contributed by atoms with Gasteiger partial charge in [0.1, 0.15) is 11.6 Å². The van der Waals surface area contributed by atoms with Gasteiger partial charge < -0.3 is 15.4 Å². The number of amidine groups is 1. The normalized spacial score (nSPS) is 21.5. The Labute approximate surface area is 115 Å². The van der Waals surface area contributed by atoms with E-state index < -0.39 is 0 Å². The number of hydrogen-bond acceptors (Lipinski definition) is 3. The molecule has 1 saturated carbocycles. The third kappa shape index (κ3) is 3.47. The van der Waals surface area contributed by atoms with Crippen LogP contribution in [-0.4, -0.2) is 31.4 Å². The van der Waals surface area contributed by atoms with Crippen LogP contribution in [0.5, 0.6) is 5.75 Å². The molecule has 0 aliphatic heterocycles. The zero-order chi connectivity index (χ0) is 14.0. The molecule has 1 aliphatic carbocycles. The third-order valence-corrected chi connectivity index (χ3v) is 3.83. The SMILES string of the molecule is COc1cc(CN(C)CC2CC2C)ccc1C(=N)N. The molecular formula is C15H23N3O. The maximum Gasteiger partial charge on any atom is 0.130 e. The molecule has 0 spiro atoms. The standard InChI is InChI=1S/C15H23N3O/c1-10-6-12(10)9-18(2)8-11-4-5-13(15(16)17)14(7-11)19-3/h4-5,7,10,12H,6,8-9H2,1-3H3,(H3,16,17). The minimum Gasteiger partial charge on any atom is -0.496 e. The van der Waals surface area contributed by atoms with Crippen LogP contribution in [0.25, 0.3) is 0 Å². The molecule has 0 bridgehead atoms. The van der Waals surface area contributed by atoms with Gasteiger partial charge in [-0.2, -0.15) is 0 Å². The minimum absolute atomic E-state index is 0.0450. The quantitative estimate of drug-likeness (QED) is 0.608. The summed E-state index contributed by atoms with van der Waals surface area (Å²) < 4.78 is 5.30. The molecular weight excluding hydrogens is 238 g/mol. The van der Waals surface area contributed by atoms with Gasteiger partial charge in [0.25, 0.3) is 0 Å². The maximum absolute atomic E-state index is 7.50. The molecule has 4 heteroatoms. The van der Waals surface area contributed by atoms with Crippen LogP contribution in [0.4, 0.5) is 0 Å². The van der Waals surface area contributed by atoms with Crippen LogP contribution in [0, 0.1) is 17.2 Å². The fourth-order valence-corrected chi connectivity index (χ4v) is 2.49. The molecule has 3 N–H and O–H groups in total. The second-order valence-corrected chi connectivity index (χ2v) is 5.62. The lowest BCUT2D eigenvalue weighted by Gasteiger charge is -2.17. The summed E-state index contributed by atoms with van der Waals surface area (Å²) >= 11 is 0. The second kappa shape index (κ2) is 5.61. The van der Waals surface area contributed by atoms with E-state index in [-0.39, 0.29) is 5.84 Å². The first-order valence-corrected chi connectivity index (χ1v) is 6.71. The van der Waals surface area contributed by atoms with Crippen molar-refractivity contribution in [2.24, 2.45) is 17.6 Å². The van der Waals surface area contributed by atoms with Crippen molar-refractivity contribution in [1.82, 2.24) is 4.90 Å². The van der Waals surface area contributed by atoms with Gasteiger partial charge in [-0.3, -0.25) is 5.41 Å². The molecule has 2 rings (SSSR count). The molecule has 1 aromatic rings. The van der Waals surface area contributed by atoms with Crippen LogP contribution < -0.4 is 10.5 Å². The Bertz CT molecular complexity index is 472. The van der Waals surface area contributed by atoms with E-state index in [4.69, 9.17) is 15.9 Å². The molecule has 104 valence electrons. The van der Waals surface area contributed by atoms with Gasteiger partial charge in [0, 0.05) is 13.1 Å². The molecule has 0 radical (unpaired) electrons. The zero-order valence-corrected chi connectivity index (χ0v) is 11.9. The van der Waals surface area contributed by atoms with E-state index in [0.717, 1.165) is 24.9 Å². The lowest BCUT2D eigenvalue weighted by Crippen LogP contribution is -2.21. The average molecular weight is 261 g/mol. The first-order valence-electron chi connectivity index (χ1n) is 6.71. The Morgan fingerprint density at radius 1 is 1.53 bits per heavy atom. The maximum atomic E-state index is 7.50. The number of nitrogens with one attached hydrogen (secondary N) is 1. The van der Waals surface area contributed by atoms with Gasteiger partial charge in [-0.15, -0.1) is 0 Å². The van der Waals surface area contributed by atoms with Crippen LogP contribution in [0.1, 0.15) is 24.5 Å². The number of nitrogens with two attached hydrogens (primary N) is 1. The zero-order valence-electron chi connectivity index (χ0n) is 11.9. The number of benzene rings is 1. The molecule has 2 unspecified atom stereocenters. The minimum atomic E-state index is 0.0450. The van der Waals surface area contributed by atoms with Crippen molar-refractivity contribution in [3.63, 3.8) is 0 Å². The molecule has 4 nitrogen and oxygen atoms in total. The lowest BCUT2D eigenvalue weighted by molar-refractivity contribution is 0.307. The first-order chi connectivity index (χ1) is 9.01. The molecule has 2 atom stereocenters. The van der Waals surface area contributed by atoms with E-state index in [2.05, 4.69) is 18.9 Å². The van der Waals surface area contributed by atoms with E-state index >= 15 is 0 Å². The average Bonchev–Trinajstić information content (AvgIpc) is 3.03.